The average molecular weight is 499 g/mol. The highest BCUT2D eigenvalue weighted by molar-refractivity contribution is 6.33. The number of hydrogen-bond donors (Lipinski definition) is 1. The Bertz CT molecular complexity index is 931. The molecule has 0 radical (unpaired) electrons. The van der Waals surface area contributed by atoms with E-state index in [1.807, 2.05) is 30.3 Å². The second-order valence-electron chi connectivity index (χ2n) is 9.70. The fourth-order valence-corrected chi connectivity index (χ4v) is 5.23. The van der Waals surface area contributed by atoms with Crippen molar-refractivity contribution in [2.45, 2.75) is 44.7 Å². The Morgan fingerprint density at radius 1 is 1.00 bits per heavy atom. The molecule has 0 aromatic heterocycles. The first-order valence-electron chi connectivity index (χ1n) is 13.0. The molecule has 1 atom stereocenters. The number of hydrogen-bond acceptors (Lipinski definition) is 5. The summed E-state index contributed by atoms with van der Waals surface area (Å²) in [7, 11) is 2.06. The summed E-state index contributed by atoms with van der Waals surface area (Å²) in [4.78, 5) is 19.5. The van der Waals surface area contributed by atoms with Crippen LogP contribution in [0, 0.1) is 0 Å². The number of benzene rings is 2. The standard InChI is InChI=1S/C28H39ClN4O2/c1-31-16-6-2-3-10-27(31)28(34)30-15-7-21-35-24-13-11-23(12-14-24)22-32-17-19-33(20-18-32)26-9-5-4-8-25(26)29/h4-5,8-9,11-14,27H,2-3,6-7,10,15-22H2,1H3,(H,30,34)/t27-/m1/s1. The van der Waals surface area contributed by atoms with Gasteiger partial charge in [0.2, 0.25) is 5.91 Å². The third kappa shape index (κ3) is 7.60. The van der Waals surface area contributed by atoms with Crippen molar-refractivity contribution in [2.24, 2.45) is 0 Å². The number of anilines is 1. The van der Waals surface area contributed by atoms with Crippen molar-refractivity contribution >= 4 is 23.2 Å². The number of piperazine rings is 1. The number of nitrogens with zero attached hydrogens (tertiary/aromatic N) is 3. The summed E-state index contributed by atoms with van der Waals surface area (Å²) >= 11 is 6.36. The quantitative estimate of drug-likeness (QED) is 0.518. The summed E-state index contributed by atoms with van der Waals surface area (Å²) in [5.74, 6) is 1.04. The summed E-state index contributed by atoms with van der Waals surface area (Å²) in [6.07, 6.45) is 5.32. The smallest absolute Gasteiger partial charge is 0.237 e. The number of carbonyl (C=O) groups is 1. The number of halogens is 1. The van der Waals surface area contributed by atoms with Gasteiger partial charge in [-0.3, -0.25) is 14.6 Å². The van der Waals surface area contributed by atoms with Crippen molar-refractivity contribution in [1.29, 1.82) is 0 Å². The Balaban J connectivity index is 1.12. The van der Waals surface area contributed by atoms with Gasteiger partial charge in [-0.15, -0.1) is 0 Å². The minimum atomic E-state index is 0.0186. The van der Waals surface area contributed by atoms with E-state index in [2.05, 4.69) is 45.3 Å². The molecular formula is C28H39ClN4O2. The minimum Gasteiger partial charge on any atom is -0.494 e. The number of carbonyl (C=O) groups excluding carboxylic acids is 1. The van der Waals surface area contributed by atoms with E-state index < -0.39 is 0 Å². The zero-order valence-electron chi connectivity index (χ0n) is 20.9. The van der Waals surface area contributed by atoms with Crippen molar-refractivity contribution < 1.29 is 9.53 Å². The van der Waals surface area contributed by atoms with Crippen LogP contribution in [0.3, 0.4) is 0 Å². The summed E-state index contributed by atoms with van der Waals surface area (Å²) in [6, 6.07) is 16.5. The second kappa shape index (κ2) is 13.1. The third-order valence-electron chi connectivity index (χ3n) is 7.11. The lowest BCUT2D eigenvalue weighted by Crippen LogP contribution is -2.46. The van der Waals surface area contributed by atoms with Gasteiger partial charge in [0.15, 0.2) is 0 Å². The van der Waals surface area contributed by atoms with E-state index in [9.17, 15) is 4.79 Å². The maximum absolute atomic E-state index is 12.5. The Labute approximate surface area is 215 Å². The van der Waals surface area contributed by atoms with Gasteiger partial charge in [-0.2, -0.15) is 0 Å². The SMILES string of the molecule is CN1CCCCC[C@@H]1C(=O)NCCCOc1ccc(CN2CCN(c3ccccc3Cl)CC2)cc1. The monoisotopic (exact) mass is 498 g/mol. The molecule has 2 saturated heterocycles. The molecule has 0 aliphatic carbocycles. The van der Waals surface area contributed by atoms with Crippen LogP contribution in [0.2, 0.25) is 5.02 Å². The fraction of sp³-hybridized carbons (Fsp3) is 0.536. The highest BCUT2D eigenvalue weighted by atomic mass is 35.5. The zero-order chi connectivity index (χ0) is 24.5. The van der Waals surface area contributed by atoms with Gasteiger partial charge in [-0.05, 0) is 62.7 Å². The number of ether oxygens (including phenoxy) is 1. The lowest BCUT2D eigenvalue weighted by Gasteiger charge is -2.36. The number of likely N-dealkylation sites (tertiary alicyclic amines) is 1. The molecule has 0 saturated carbocycles. The first-order chi connectivity index (χ1) is 17.1. The Morgan fingerprint density at radius 2 is 1.77 bits per heavy atom. The highest BCUT2D eigenvalue weighted by Gasteiger charge is 2.24. The lowest BCUT2D eigenvalue weighted by molar-refractivity contribution is -0.126. The maximum atomic E-state index is 12.5. The Morgan fingerprint density at radius 3 is 2.54 bits per heavy atom. The van der Waals surface area contributed by atoms with E-state index in [0.29, 0.717) is 13.2 Å². The number of likely N-dealkylation sites (N-methyl/N-ethyl adjacent to an activating group) is 1. The topological polar surface area (TPSA) is 48.1 Å². The van der Waals surface area contributed by atoms with E-state index in [1.165, 1.54) is 18.4 Å². The molecule has 2 fully saturated rings. The van der Waals surface area contributed by atoms with Gasteiger partial charge in [0.25, 0.3) is 0 Å². The van der Waals surface area contributed by atoms with Crippen LogP contribution in [0.5, 0.6) is 5.75 Å². The summed E-state index contributed by atoms with van der Waals surface area (Å²) < 4.78 is 5.90. The van der Waals surface area contributed by atoms with Gasteiger partial charge in [0.1, 0.15) is 5.75 Å². The van der Waals surface area contributed by atoms with Crippen LogP contribution in [0.1, 0.15) is 37.7 Å². The molecular weight excluding hydrogens is 460 g/mol. The molecule has 2 aliphatic rings. The van der Waals surface area contributed by atoms with E-state index >= 15 is 0 Å². The van der Waals surface area contributed by atoms with Crippen LogP contribution in [0.15, 0.2) is 48.5 Å². The molecule has 2 heterocycles. The van der Waals surface area contributed by atoms with Crippen LogP contribution in [0.4, 0.5) is 5.69 Å². The van der Waals surface area contributed by atoms with Gasteiger partial charge >= 0.3 is 0 Å². The molecule has 1 N–H and O–H groups in total. The minimum absolute atomic E-state index is 0.0186. The molecule has 4 rings (SSSR count). The fourth-order valence-electron chi connectivity index (χ4n) is 4.98. The predicted octanol–water partition coefficient (Wildman–Crippen LogP) is 4.42. The normalized spacial score (nSPS) is 19.8. The van der Waals surface area contributed by atoms with Crippen LogP contribution in [-0.4, -0.2) is 74.7 Å². The second-order valence-corrected chi connectivity index (χ2v) is 10.1. The molecule has 0 bridgehead atoms. The van der Waals surface area contributed by atoms with Crippen molar-refractivity contribution in [2.75, 3.05) is 57.8 Å². The molecule has 1 amide bonds. The summed E-state index contributed by atoms with van der Waals surface area (Å²) in [5, 5.41) is 3.92. The van der Waals surface area contributed by atoms with Gasteiger partial charge < -0.3 is 15.0 Å². The molecule has 190 valence electrons. The van der Waals surface area contributed by atoms with Crippen molar-refractivity contribution in [1.82, 2.24) is 15.1 Å². The molecule has 6 nitrogen and oxygen atoms in total. The van der Waals surface area contributed by atoms with E-state index in [-0.39, 0.29) is 11.9 Å². The van der Waals surface area contributed by atoms with Crippen LogP contribution < -0.4 is 15.0 Å². The molecule has 2 aliphatic heterocycles. The molecule has 0 unspecified atom stereocenters. The van der Waals surface area contributed by atoms with Crippen molar-refractivity contribution in [3.05, 3.63) is 59.1 Å². The largest absolute Gasteiger partial charge is 0.494 e. The van der Waals surface area contributed by atoms with E-state index in [4.69, 9.17) is 16.3 Å². The Kier molecular flexibility index (Phi) is 9.69. The first kappa shape index (κ1) is 25.8. The number of para-hydroxylation sites is 1. The molecule has 0 spiro atoms. The van der Waals surface area contributed by atoms with Crippen LogP contribution in [0.25, 0.3) is 0 Å². The third-order valence-corrected chi connectivity index (χ3v) is 7.43. The van der Waals surface area contributed by atoms with Gasteiger partial charge in [-0.1, -0.05) is 48.7 Å². The highest BCUT2D eigenvalue weighted by Crippen LogP contribution is 2.26. The van der Waals surface area contributed by atoms with Crippen LogP contribution >= 0.6 is 11.6 Å². The summed E-state index contributed by atoms with van der Waals surface area (Å²) in [6.45, 7) is 7.22. The molecule has 2 aromatic carbocycles. The van der Waals surface area contributed by atoms with Crippen molar-refractivity contribution in [3.63, 3.8) is 0 Å². The lowest BCUT2D eigenvalue weighted by atomic mass is 10.1. The Hall–Kier alpha value is -2.28. The maximum Gasteiger partial charge on any atom is 0.237 e. The number of amides is 1. The van der Waals surface area contributed by atoms with Gasteiger partial charge in [-0.25, -0.2) is 0 Å². The molecule has 35 heavy (non-hydrogen) atoms. The summed E-state index contributed by atoms with van der Waals surface area (Å²) in [5.41, 5.74) is 2.43. The number of nitrogens with one attached hydrogen (secondary N) is 1. The van der Waals surface area contributed by atoms with Gasteiger partial charge in [0.05, 0.1) is 23.4 Å². The van der Waals surface area contributed by atoms with E-state index in [1.54, 1.807) is 0 Å². The van der Waals surface area contributed by atoms with Crippen molar-refractivity contribution in [3.8, 4) is 5.75 Å². The first-order valence-corrected chi connectivity index (χ1v) is 13.4. The van der Waals surface area contributed by atoms with Crippen LogP contribution in [-0.2, 0) is 11.3 Å². The number of rotatable bonds is 9. The molecule has 2 aromatic rings. The predicted molar refractivity (Wildman–Crippen MR) is 143 cm³/mol. The zero-order valence-corrected chi connectivity index (χ0v) is 21.7. The molecule has 7 heteroatoms. The van der Waals surface area contributed by atoms with Gasteiger partial charge in [0, 0.05) is 39.3 Å². The van der Waals surface area contributed by atoms with E-state index in [0.717, 1.165) is 75.0 Å². The average Bonchev–Trinajstić information content (AvgIpc) is 3.10.